The van der Waals surface area contributed by atoms with Gasteiger partial charge in [0.05, 0.1) is 0 Å². The zero-order valence-electron chi connectivity index (χ0n) is 9.89. The average molecular weight is 233 g/mol. The molecule has 17 heavy (non-hydrogen) atoms. The first-order valence-electron chi connectivity index (χ1n) is 5.84. The van der Waals surface area contributed by atoms with Crippen molar-refractivity contribution < 1.29 is 0 Å². The third-order valence-electron chi connectivity index (χ3n) is 3.11. The first kappa shape index (κ1) is 11.7. The fourth-order valence-corrected chi connectivity index (χ4v) is 2.23. The van der Waals surface area contributed by atoms with Crippen LogP contribution in [0.25, 0.3) is 10.4 Å². The number of azide groups is 1. The van der Waals surface area contributed by atoms with Crippen LogP contribution >= 0.6 is 0 Å². The number of hydrogen-bond acceptors (Lipinski definition) is 3. The van der Waals surface area contributed by atoms with Gasteiger partial charge < -0.3 is 0 Å². The van der Waals surface area contributed by atoms with Gasteiger partial charge in [-0.2, -0.15) is 0 Å². The summed E-state index contributed by atoms with van der Waals surface area (Å²) in [6, 6.07) is 0. The lowest BCUT2D eigenvalue weighted by Gasteiger charge is -2.19. The standard InChI is InChI=1S/C11H15N5O/c1-8-9(5-6-13-15-12)11(17)16-7-3-2-4-10(16)14-8/h2-7H2,1H3. The van der Waals surface area contributed by atoms with Crippen LogP contribution in [0.15, 0.2) is 9.91 Å². The summed E-state index contributed by atoms with van der Waals surface area (Å²) in [7, 11) is 0. The van der Waals surface area contributed by atoms with Gasteiger partial charge in [-0.3, -0.25) is 9.36 Å². The quantitative estimate of drug-likeness (QED) is 0.452. The Morgan fingerprint density at radius 2 is 2.35 bits per heavy atom. The molecule has 0 N–H and O–H groups in total. The molecule has 0 aliphatic carbocycles. The SMILES string of the molecule is Cc1nc2n(c(=O)c1CCN=[N+]=[N-])CCCC2. The maximum Gasteiger partial charge on any atom is 0.256 e. The minimum Gasteiger partial charge on any atom is -0.296 e. The summed E-state index contributed by atoms with van der Waals surface area (Å²) in [6.45, 7) is 2.92. The van der Waals surface area contributed by atoms with E-state index in [4.69, 9.17) is 5.53 Å². The van der Waals surface area contributed by atoms with E-state index in [0.717, 1.165) is 37.3 Å². The van der Waals surface area contributed by atoms with Crippen molar-refractivity contribution in [3.05, 3.63) is 37.9 Å². The molecule has 1 aliphatic rings. The number of aromatic nitrogens is 2. The number of nitrogens with zero attached hydrogens (tertiary/aromatic N) is 5. The van der Waals surface area contributed by atoms with Crippen molar-refractivity contribution in [2.24, 2.45) is 5.11 Å². The van der Waals surface area contributed by atoms with Gasteiger partial charge in [0.15, 0.2) is 0 Å². The summed E-state index contributed by atoms with van der Waals surface area (Å²) < 4.78 is 1.77. The predicted molar refractivity (Wildman–Crippen MR) is 63.9 cm³/mol. The number of aryl methyl sites for hydroxylation is 2. The molecular weight excluding hydrogens is 218 g/mol. The Bertz CT molecular complexity index is 527. The van der Waals surface area contributed by atoms with Crippen molar-refractivity contribution in [1.82, 2.24) is 9.55 Å². The van der Waals surface area contributed by atoms with Gasteiger partial charge >= 0.3 is 0 Å². The molecule has 6 heteroatoms. The van der Waals surface area contributed by atoms with Crippen LogP contribution in [0.2, 0.25) is 0 Å². The first-order chi connectivity index (χ1) is 8.24. The monoisotopic (exact) mass is 233 g/mol. The average Bonchev–Trinajstić information content (AvgIpc) is 2.33. The highest BCUT2D eigenvalue weighted by Gasteiger charge is 2.16. The van der Waals surface area contributed by atoms with Crippen LogP contribution in [0.1, 0.15) is 29.9 Å². The van der Waals surface area contributed by atoms with Gasteiger partial charge in [-0.15, -0.1) is 0 Å². The molecule has 1 aromatic heterocycles. The zero-order chi connectivity index (χ0) is 12.3. The molecule has 2 rings (SSSR count). The third-order valence-corrected chi connectivity index (χ3v) is 3.11. The minimum atomic E-state index is 0.0420. The maximum atomic E-state index is 12.2. The highest BCUT2D eigenvalue weighted by Crippen LogP contribution is 2.12. The van der Waals surface area contributed by atoms with Gasteiger partial charge in [-0.05, 0) is 31.7 Å². The Balaban J connectivity index is 2.38. The molecule has 0 fully saturated rings. The van der Waals surface area contributed by atoms with Crippen LogP contribution in [0, 0.1) is 6.92 Å². The van der Waals surface area contributed by atoms with E-state index in [1.54, 1.807) is 4.57 Å². The second kappa shape index (κ2) is 5.01. The summed E-state index contributed by atoms with van der Waals surface area (Å²) in [5.74, 6) is 0.895. The van der Waals surface area contributed by atoms with Crippen LogP contribution in [0.5, 0.6) is 0 Å². The molecule has 0 saturated carbocycles. The van der Waals surface area contributed by atoms with Gasteiger partial charge in [-0.1, -0.05) is 5.11 Å². The van der Waals surface area contributed by atoms with Crippen molar-refractivity contribution in [2.75, 3.05) is 6.54 Å². The Hall–Kier alpha value is -1.81. The van der Waals surface area contributed by atoms with E-state index in [0.29, 0.717) is 18.5 Å². The van der Waals surface area contributed by atoms with Crippen LogP contribution in [0.3, 0.4) is 0 Å². The van der Waals surface area contributed by atoms with Crippen molar-refractivity contribution in [3.8, 4) is 0 Å². The van der Waals surface area contributed by atoms with Crippen LogP contribution < -0.4 is 5.56 Å². The van der Waals surface area contributed by atoms with Crippen molar-refractivity contribution >= 4 is 0 Å². The fraction of sp³-hybridized carbons (Fsp3) is 0.636. The van der Waals surface area contributed by atoms with Crippen molar-refractivity contribution in [3.63, 3.8) is 0 Å². The van der Waals surface area contributed by atoms with E-state index in [1.807, 2.05) is 6.92 Å². The molecule has 0 aromatic carbocycles. The third kappa shape index (κ3) is 2.31. The summed E-state index contributed by atoms with van der Waals surface area (Å²) in [5, 5.41) is 3.47. The van der Waals surface area contributed by atoms with Crippen molar-refractivity contribution in [2.45, 2.75) is 39.2 Å². The Kier molecular flexibility index (Phi) is 3.44. The van der Waals surface area contributed by atoms with E-state index >= 15 is 0 Å². The van der Waals surface area contributed by atoms with Gasteiger partial charge in [0.25, 0.3) is 5.56 Å². The van der Waals surface area contributed by atoms with Gasteiger partial charge in [0, 0.05) is 35.7 Å². The molecule has 6 nitrogen and oxygen atoms in total. The smallest absolute Gasteiger partial charge is 0.256 e. The second-order valence-electron chi connectivity index (χ2n) is 4.21. The number of rotatable bonds is 3. The van der Waals surface area contributed by atoms with Crippen LogP contribution in [-0.4, -0.2) is 16.1 Å². The molecule has 90 valence electrons. The lowest BCUT2D eigenvalue weighted by atomic mass is 10.1. The van der Waals surface area contributed by atoms with Crippen molar-refractivity contribution in [1.29, 1.82) is 0 Å². The Morgan fingerprint density at radius 3 is 3.12 bits per heavy atom. The summed E-state index contributed by atoms with van der Waals surface area (Å²) in [4.78, 5) is 19.4. The molecule has 0 radical (unpaired) electrons. The molecule has 0 amide bonds. The largest absolute Gasteiger partial charge is 0.296 e. The maximum absolute atomic E-state index is 12.2. The molecular formula is C11H15N5O. The highest BCUT2D eigenvalue weighted by atomic mass is 16.1. The topological polar surface area (TPSA) is 83.7 Å². The Morgan fingerprint density at radius 1 is 1.53 bits per heavy atom. The molecule has 0 saturated heterocycles. The fourth-order valence-electron chi connectivity index (χ4n) is 2.23. The number of hydrogen-bond donors (Lipinski definition) is 0. The van der Waals surface area contributed by atoms with E-state index in [2.05, 4.69) is 15.0 Å². The normalized spacial score (nSPS) is 13.9. The first-order valence-corrected chi connectivity index (χ1v) is 5.84. The van der Waals surface area contributed by atoms with Gasteiger partial charge in [0.2, 0.25) is 0 Å². The molecule has 2 heterocycles. The molecule has 0 bridgehead atoms. The lowest BCUT2D eigenvalue weighted by molar-refractivity contribution is 0.489. The second-order valence-corrected chi connectivity index (χ2v) is 4.21. The van der Waals surface area contributed by atoms with Crippen LogP contribution in [-0.2, 0) is 19.4 Å². The van der Waals surface area contributed by atoms with Crippen LogP contribution in [0.4, 0.5) is 0 Å². The van der Waals surface area contributed by atoms with E-state index in [-0.39, 0.29) is 5.56 Å². The molecule has 0 spiro atoms. The molecule has 0 unspecified atom stereocenters. The molecule has 0 atom stereocenters. The highest BCUT2D eigenvalue weighted by molar-refractivity contribution is 5.19. The van der Waals surface area contributed by atoms with E-state index in [1.165, 1.54) is 0 Å². The summed E-state index contributed by atoms with van der Waals surface area (Å²) in [5.41, 5.74) is 9.73. The van der Waals surface area contributed by atoms with Gasteiger partial charge in [-0.25, -0.2) is 4.98 Å². The molecule has 1 aliphatic heterocycles. The summed E-state index contributed by atoms with van der Waals surface area (Å²) in [6.07, 6.45) is 3.49. The lowest BCUT2D eigenvalue weighted by Crippen LogP contribution is -2.32. The number of fused-ring (bicyclic) bond motifs is 1. The van der Waals surface area contributed by atoms with Gasteiger partial charge in [0.1, 0.15) is 5.82 Å². The van der Waals surface area contributed by atoms with E-state index < -0.39 is 0 Å². The Labute approximate surface area is 98.9 Å². The van der Waals surface area contributed by atoms with E-state index in [9.17, 15) is 4.79 Å². The minimum absolute atomic E-state index is 0.0420. The predicted octanol–water partition coefficient (Wildman–Crippen LogP) is 1.74. The summed E-state index contributed by atoms with van der Waals surface area (Å²) >= 11 is 0. The zero-order valence-corrected chi connectivity index (χ0v) is 9.89. The molecule has 1 aromatic rings.